The van der Waals surface area contributed by atoms with Crippen molar-refractivity contribution in [3.8, 4) is 5.75 Å². The fourth-order valence-electron chi connectivity index (χ4n) is 2.81. The van der Waals surface area contributed by atoms with Crippen molar-refractivity contribution in [1.82, 2.24) is 0 Å². The summed E-state index contributed by atoms with van der Waals surface area (Å²) >= 11 is 0. The molecule has 1 aromatic carbocycles. The van der Waals surface area contributed by atoms with Gasteiger partial charge >= 0.3 is 6.36 Å². The Labute approximate surface area is 112 Å². The van der Waals surface area contributed by atoms with Crippen LogP contribution in [-0.4, -0.2) is 25.5 Å². The van der Waals surface area contributed by atoms with Crippen LogP contribution < -0.4 is 10.1 Å². The molecule has 1 aromatic rings. The summed E-state index contributed by atoms with van der Waals surface area (Å²) in [6, 6.07) is 3.94. The summed E-state index contributed by atoms with van der Waals surface area (Å²) in [5, 5.41) is 2.72. The van der Waals surface area contributed by atoms with Crippen LogP contribution in [0.25, 0.3) is 0 Å². The zero-order chi connectivity index (χ0) is 14.4. The SMILES string of the molecule is O=C1Nc2ccc(OC(F)(F)F)cc2C12CCOCC2. The zero-order valence-corrected chi connectivity index (χ0v) is 10.4. The minimum absolute atomic E-state index is 0.181. The molecule has 1 fully saturated rings. The van der Waals surface area contributed by atoms with Crippen LogP contribution in [0.15, 0.2) is 18.2 Å². The molecule has 2 aliphatic rings. The van der Waals surface area contributed by atoms with Crippen LogP contribution in [0.1, 0.15) is 18.4 Å². The number of rotatable bonds is 1. The van der Waals surface area contributed by atoms with Crippen molar-refractivity contribution >= 4 is 11.6 Å². The maximum absolute atomic E-state index is 12.3. The number of hydrogen-bond donors (Lipinski definition) is 1. The molecule has 1 N–H and O–H groups in total. The van der Waals surface area contributed by atoms with Crippen molar-refractivity contribution < 1.29 is 27.4 Å². The molecular formula is C13H12F3NO3. The van der Waals surface area contributed by atoms with Crippen molar-refractivity contribution in [3.63, 3.8) is 0 Å². The smallest absolute Gasteiger partial charge is 0.406 e. The van der Waals surface area contributed by atoms with E-state index in [1.54, 1.807) is 0 Å². The lowest BCUT2D eigenvalue weighted by Crippen LogP contribution is -2.40. The lowest BCUT2D eigenvalue weighted by atomic mass is 9.75. The van der Waals surface area contributed by atoms with Crippen LogP contribution in [0.4, 0.5) is 18.9 Å². The molecule has 0 unspecified atom stereocenters. The van der Waals surface area contributed by atoms with E-state index in [4.69, 9.17) is 4.74 Å². The summed E-state index contributed by atoms with van der Waals surface area (Å²) in [5.74, 6) is -0.487. The van der Waals surface area contributed by atoms with Gasteiger partial charge in [0, 0.05) is 18.9 Å². The fourth-order valence-corrected chi connectivity index (χ4v) is 2.81. The van der Waals surface area contributed by atoms with Crippen LogP contribution in [-0.2, 0) is 14.9 Å². The van der Waals surface area contributed by atoms with Crippen molar-refractivity contribution in [2.75, 3.05) is 18.5 Å². The second kappa shape index (κ2) is 4.37. The lowest BCUT2D eigenvalue weighted by Gasteiger charge is -2.31. The number of benzene rings is 1. The van der Waals surface area contributed by atoms with E-state index in [9.17, 15) is 18.0 Å². The Bertz CT molecular complexity index is 550. The second-order valence-corrected chi connectivity index (χ2v) is 4.90. The first-order chi connectivity index (χ1) is 9.41. The third-order valence-electron chi connectivity index (χ3n) is 3.77. The maximum atomic E-state index is 12.3. The summed E-state index contributed by atoms with van der Waals surface area (Å²) in [6.07, 6.45) is -3.82. The molecule has 1 saturated heterocycles. The summed E-state index contributed by atoms with van der Waals surface area (Å²) in [7, 11) is 0. The van der Waals surface area contributed by atoms with E-state index in [0.29, 0.717) is 37.3 Å². The molecule has 0 aliphatic carbocycles. The fraction of sp³-hybridized carbons (Fsp3) is 0.462. The van der Waals surface area contributed by atoms with Gasteiger partial charge in [0.15, 0.2) is 0 Å². The largest absolute Gasteiger partial charge is 0.573 e. The van der Waals surface area contributed by atoms with Crippen LogP contribution >= 0.6 is 0 Å². The molecule has 2 aliphatic heterocycles. The van der Waals surface area contributed by atoms with E-state index in [0.717, 1.165) is 0 Å². The third-order valence-corrected chi connectivity index (χ3v) is 3.77. The van der Waals surface area contributed by atoms with E-state index in [-0.39, 0.29) is 11.7 Å². The number of carbonyl (C=O) groups excluding carboxylic acids is 1. The first-order valence-electron chi connectivity index (χ1n) is 6.20. The minimum Gasteiger partial charge on any atom is -0.406 e. The average molecular weight is 287 g/mol. The highest BCUT2D eigenvalue weighted by Crippen LogP contribution is 2.46. The van der Waals surface area contributed by atoms with Gasteiger partial charge < -0.3 is 14.8 Å². The highest BCUT2D eigenvalue weighted by atomic mass is 19.4. The predicted molar refractivity (Wildman–Crippen MR) is 63.5 cm³/mol. The standard InChI is InChI=1S/C13H12F3NO3/c14-13(15,16)20-8-1-2-10-9(7-8)12(11(18)17-10)3-5-19-6-4-12/h1-2,7H,3-6H2,(H,17,18). The molecule has 0 bridgehead atoms. The quantitative estimate of drug-likeness (QED) is 0.863. The Balaban J connectivity index is 1.99. The molecule has 108 valence electrons. The van der Waals surface area contributed by atoms with Gasteiger partial charge in [-0.2, -0.15) is 0 Å². The zero-order valence-electron chi connectivity index (χ0n) is 10.4. The number of anilines is 1. The van der Waals surface area contributed by atoms with E-state index in [1.165, 1.54) is 18.2 Å². The molecule has 0 atom stereocenters. The molecule has 4 nitrogen and oxygen atoms in total. The van der Waals surface area contributed by atoms with E-state index in [1.807, 2.05) is 0 Å². The maximum Gasteiger partial charge on any atom is 0.573 e. The molecule has 0 radical (unpaired) electrons. The number of alkyl halides is 3. The molecule has 1 spiro atoms. The molecule has 1 amide bonds. The Hall–Kier alpha value is -1.76. The van der Waals surface area contributed by atoms with Crippen molar-refractivity contribution in [2.45, 2.75) is 24.6 Å². The van der Waals surface area contributed by atoms with Crippen LogP contribution in [0.2, 0.25) is 0 Å². The van der Waals surface area contributed by atoms with Crippen LogP contribution in [0.3, 0.4) is 0 Å². The topological polar surface area (TPSA) is 47.6 Å². The van der Waals surface area contributed by atoms with E-state index >= 15 is 0 Å². The number of carbonyl (C=O) groups is 1. The Kier molecular flexibility index (Phi) is 2.89. The predicted octanol–water partition coefficient (Wildman–Crippen LogP) is 2.59. The summed E-state index contributed by atoms with van der Waals surface area (Å²) in [5.41, 5.74) is 0.317. The third kappa shape index (κ3) is 2.11. The van der Waals surface area contributed by atoms with Crippen LogP contribution in [0, 0.1) is 0 Å². The summed E-state index contributed by atoms with van der Waals surface area (Å²) in [4.78, 5) is 12.2. The van der Waals surface area contributed by atoms with Gasteiger partial charge in [-0.25, -0.2) is 0 Å². The second-order valence-electron chi connectivity index (χ2n) is 4.90. The first-order valence-corrected chi connectivity index (χ1v) is 6.20. The Morgan fingerprint density at radius 2 is 1.95 bits per heavy atom. The van der Waals surface area contributed by atoms with Crippen molar-refractivity contribution in [1.29, 1.82) is 0 Å². The lowest BCUT2D eigenvalue weighted by molar-refractivity contribution is -0.274. The Morgan fingerprint density at radius 3 is 2.60 bits per heavy atom. The number of ether oxygens (including phenoxy) is 2. The van der Waals surface area contributed by atoms with Gasteiger partial charge in [0.25, 0.3) is 0 Å². The van der Waals surface area contributed by atoms with E-state index < -0.39 is 11.8 Å². The normalized spacial score (nSPS) is 20.6. The number of hydrogen-bond acceptors (Lipinski definition) is 3. The molecule has 20 heavy (non-hydrogen) atoms. The molecule has 3 rings (SSSR count). The van der Waals surface area contributed by atoms with Gasteiger partial charge in [0.1, 0.15) is 5.75 Å². The van der Waals surface area contributed by atoms with Gasteiger partial charge in [-0.1, -0.05) is 0 Å². The Morgan fingerprint density at radius 1 is 1.25 bits per heavy atom. The number of nitrogens with one attached hydrogen (secondary N) is 1. The van der Waals surface area contributed by atoms with Gasteiger partial charge in [-0.05, 0) is 36.6 Å². The number of halogens is 3. The monoisotopic (exact) mass is 287 g/mol. The highest BCUT2D eigenvalue weighted by Gasteiger charge is 2.48. The van der Waals surface area contributed by atoms with Gasteiger partial charge in [-0.15, -0.1) is 13.2 Å². The molecule has 7 heteroatoms. The van der Waals surface area contributed by atoms with Crippen molar-refractivity contribution in [2.24, 2.45) is 0 Å². The van der Waals surface area contributed by atoms with Crippen LogP contribution in [0.5, 0.6) is 5.75 Å². The van der Waals surface area contributed by atoms with Gasteiger partial charge in [0.2, 0.25) is 5.91 Å². The highest BCUT2D eigenvalue weighted by molar-refractivity contribution is 6.06. The van der Waals surface area contributed by atoms with Crippen molar-refractivity contribution in [3.05, 3.63) is 23.8 Å². The number of amides is 1. The summed E-state index contributed by atoms with van der Waals surface area (Å²) < 4.78 is 46.0. The van der Waals surface area contributed by atoms with E-state index in [2.05, 4.69) is 10.1 Å². The first kappa shape index (κ1) is 13.2. The molecular weight excluding hydrogens is 275 g/mol. The number of fused-ring (bicyclic) bond motifs is 2. The minimum atomic E-state index is -4.74. The molecule has 2 heterocycles. The summed E-state index contributed by atoms with van der Waals surface area (Å²) in [6.45, 7) is 0.828. The molecule has 0 saturated carbocycles. The average Bonchev–Trinajstić information content (AvgIpc) is 2.63. The molecule has 0 aromatic heterocycles. The van der Waals surface area contributed by atoms with Gasteiger partial charge in [0.05, 0.1) is 5.41 Å². The van der Waals surface area contributed by atoms with Gasteiger partial charge in [-0.3, -0.25) is 4.79 Å².